The first-order valence-electron chi connectivity index (χ1n) is 6.47. The minimum atomic E-state index is -0.653. The molecule has 6 heteroatoms. The maximum absolute atomic E-state index is 11.8. The summed E-state index contributed by atoms with van der Waals surface area (Å²) < 4.78 is 5.49. The highest BCUT2D eigenvalue weighted by molar-refractivity contribution is 6.35. The molecule has 0 bridgehead atoms. The Bertz CT molecular complexity index is 452. The molecule has 20 heavy (non-hydrogen) atoms. The number of ether oxygens (including phenoxy) is 1. The molecule has 1 amide bonds. The molecule has 0 aliphatic rings. The number of aliphatic hydroxyl groups is 1. The van der Waals surface area contributed by atoms with Crippen molar-refractivity contribution < 1.29 is 14.6 Å². The van der Waals surface area contributed by atoms with Gasteiger partial charge in [-0.2, -0.15) is 0 Å². The molecule has 0 saturated carbocycles. The molecule has 2 unspecified atom stereocenters. The van der Waals surface area contributed by atoms with Crippen LogP contribution in [0.15, 0.2) is 18.2 Å². The van der Waals surface area contributed by atoms with Crippen molar-refractivity contribution in [1.29, 1.82) is 0 Å². The van der Waals surface area contributed by atoms with Crippen LogP contribution in [-0.2, 0) is 4.79 Å². The predicted molar refractivity (Wildman–Crippen MR) is 80.5 cm³/mol. The topological polar surface area (TPSA) is 58.6 Å². The Morgan fingerprint density at radius 1 is 1.40 bits per heavy atom. The summed E-state index contributed by atoms with van der Waals surface area (Å²) in [5.74, 6) is 0.198. The molecule has 1 aromatic carbocycles. The van der Waals surface area contributed by atoms with E-state index in [1.54, 1.807) is 32.0 Å². The molecule has 4 nitrogen and oxygen atoms in total. The van der Waals surface area contributed by atoms with Crippen molar-refractivity contribution in [2.24, 2.45) is 0 Å². The Morgan fingerprint density at radius 3 is 2.70 bits per heavy atom. The largest absolute Gasteiger partial charge is 0.479 e. The number of halogens is 2. The van der Waals surface area contributed by atoms with Crippen LogP contribution in [0.3, 0.4) is 0 Å². The summed E-state index contributed by atoms with van der Waals surface area (Å²) in [7, 11) is 0. The minimum absolute atomic E-state index is 0.221. The van der Waals surface area contributed by atoms with Gasteiger partial charge in [0.2, 0.25) is 0 Å². The molecule has 0 spiro atoms. The molecule has 0 heterocycles. The lowest BCUT2D eigenvalue weighted by Crippen LogP contribution is -2.37. The predicted octanol–water partition coefficient (Wildman–Crippen LogP) is 3.04. The van der Waals surface area contributed by atoms with Crippen molar-refractivity contribution in [2.75, 3.05) is 6.54 Å². The number of hydrogen-bond donors (Lipinski definition) is 2. The van der Waals surface area contributed by atoms with E-state index in [0.717, 1.165) is 6.42 Å². The molecule has 2 N–H and O–H groups in total. The van der Waals surface area contributed by atoms with Gasteiger partial charge in [0.1, 0.15) is 5.75 Å². The maximum atomic E-state index is 11.8. The Balaban J connectivity index is 2.41. The zero-order chi connectivity index (χ0) is 15.1. The monoisotopic (exact) mass is 319 g/mol. The smallest absolute Gasteiger partial charge is 0.260 e. The first-order chi connectivity index (χ1) is 9.40. The fourth-order valence-corrected chi connectivity index (χ4v) is 2.02. The molecular formula is C14H19Cl2NO3. The number of benzene rings is 1. The van der Waals surface area contributed by atoms with Crippen LogP contribution < -0.4 is 10.1 Å². The van der Waals surface area contributed by atoms with Crippen molar-refractivity contribution in [2.45, 2.75) is 38.9 Å². The van der Waals surface area contributed by atoms with Crippen LogP contribution in [0, 0.1) is 0 Å². The Hall–Kier alpha value is -0.970. The van der Waals surface area contributed by atoms with E-state index in [2.05, 4.69) is 5.32 Å². The van der Waals surface area contributed by atoms with Gasteiger partial charge in [0, 0.05) is 11.6 Å². The van der Waals surface area contributed by atoms with Crippen LogP contribution in [0.2, 0.25) is 10.0 Å². The van der Waals surface area contributed by atoms with E-state index in [9.17, 15) is 4.79 Å². The number of hydrogen-bond acceptors (Lipinski definition) is 3. The zero-order valence-electron chi connectivity index (χ0n) is 11.5. The number of aliphatic hydroxyl groups excluding tert-OH is 1. The summed E-state index contributed by atoms with van der Waals surface area (Å²) in [6, 6.07) is 4.84. The van der Waals surface area contributed by atoms with Crippen molar-refractivity contribution in [3.8, 4) is 5.75 Å². The molecule has 2 atom stereocenters. The van der Waals surface area contributed by atoms with Gasteiger partial charge in [-0.15, -0.1) is 0 Å². The minimum Gasteiger partial charge on any atom is -0.479 e. The lowest BCUT2D eigenvalue weighted by Gasteiger charge is -2.16. The molecular weight excluding hydrogens is 301 g/mol. The highest BCUT2D eigenvalue weighted by Gasteiger charge is 2.15. The molecule has 1 aromatic rings. The second-order valence-electron chi connectivity index (χ2n) is 4.62. The number of carbonyl (C=O) groups excluding carboxylic acids is 1. The SMILES string of the molecule is CC(O)CCCNC(=O)C(C)Oc1ccc(Cl)cc1Cl. The van der Waals surface area contributed by atoms with Crippen molar-refractivity contribution >= 4 is 29.1 Å². The standard InChI is InChI=1S/C14H19Cl2NO3/c1-9(18)4-3-7-17-14(19)10(2)20-13-6-5-11(15)8-12(13)16/h5-6,8-10,18H,3-4,7H2,1-2H3,(H,17,19). The van der Waals surface area contributed by atoms with E-state index in [1.807, 2.05) is 0 Å². The Kier molecular flexibility index (Phi) is 7.13. The van der Waals surface area contributed by atoms with Gasteiger partial charge in [0.25, 0.3) is 5.91 Å². The molecule has 112 valence electrons. The summed E-state index contributed by atoms with van der Waals surface area (Å²) in [6.45, 7) is 3.87. The molecule has 0 saturated heterocycles. The Morgan fingerprint density at radius 2 is 2.10 bits per heavy atom. The van der Waals surface area contributed by atoms with E-state index in [-0.39, 0.29) is 12.0 Å². The van der Waals surface area contributed by atoms with Gasteiger partial charge >= 0.3 is 0 Å². The van der Waals surface area contributed by atoms with Gasteiger partial charge in [0.15, 0.2) is 6.10 Å². The summed E-state index contributed by atoms with van der Waals surface area (Å²) >= 11 is 11.8. The van der Waals surface area contributed by atoms with Gasteiger partial charge in [-0.25, -0.2) is 0 Å². The zero-order valence-corrected chi connectivity index (χ0v) is 13.0. The third kappa shape index (κ3) is 5.99. The van der Waals surface area contributed by atoms with Crippen LogP contribution in [0.4, 0.5) is 0 Å². The third-order valence-electron chi connectivity index (χ3n) is 2.66. The van der Waals surface area contributed by atoms with Crippen LogP contribution in [-0.4, -0.2) is 29.8 Å². The molecule has 0 radical (unpaired) electrons. The first-order valence-corrected chi connectivity index (χ1v) is 7.23. The van der Waals surface area contributed by atoms with Crippen LogP contribution in [0.1, 0.15) is 26.7 Å². The Labute approximate surface area is 129 Å². The summed E-state index contributed by atoms with van der Waals surface area (Å²) in [6.07, 6.45) is 0.366. The van der Waals surface area contributed by atoms with E-state index in [4.69, 9.17) is 33.0 Å². The van der Waals surface area contributed by atoms with Gasteiger partial charge in [-0.05, 0) is 44.9 Å². The first kappa shape index (κ1) is 17.1. The van der Waals surface area contributed by atoms with Crippen LogP contribution >= 0.6 is 23.2 Å². The highest BCUT2D eigenvalue weighted by atomic mass is 35.5. The third-order valence-corrected chi connectivity index (χ3v) is 3.20. The lowest BCUT2D eigenvalue weighted by atomic mass is 10.2. The second-order valence-corrected chi connectivity index (χ2v) is 5.46. The van der Waals surface area contributed by atoms with Gasteiger partial charge in [0.05, 0.1) is 11.1 Å². The lowest BCUT2D eigenvalue weighted by molar-refractivity contribution is -0.127. The van der Waals surface area contributed by atoms with Gasteiger partial charge in [-0.1, -0.05) is 23.2 Å². The number of nitrogens with one attached hydrogen (secondary N) is 1. The summed E-state index contributed by atoms with van der Waals surface area (Å²) in [5, 5.41) is 12.7. The van der Waals surface area contributed by atoms with Gasteiger partial charge < -0.3 is 15.2 Å². The number of amides is 1. The highest BCUT2D eigenvalue weighted by Crippen LogP contribution is 2.28. The van der Waals surface area contributed by atoms with Crippen LogP contribution in [0.5, 0.6) is 5.75 Å². The molecule has 0 aliphatic heterocycles. The molecule has 0 aliphatic carbocycles. The fourth-order valence-electron chi connectivity index (χ4n) is 1.57. The average Bonchev–Trinajstić information content (AvgIpc) is 2.37. The average molecular weight is 320 g/mol. The van der Waals surface area contributed by atoms with E-state index in [0.29, 0.717) is 28.8 Å². The van der Waals surface area contributed by atoms with E-state index >= 15 is 0 Å². The number of rotatable bonds is 7. The van der Waals surface area contributed by atoms with Crippen molar-refractivity contribution in [3.05, 3.63) is 28.2 Å². The molecule has 0 aromatic heterocycles. The van der Waals surface area contributed by atoms with Gasteiger partial charge in [-0.3, -0.25) is 4.79 Å². The quantitative estimate of drug-likeness (QED) is 0.759. The second kappa shape index (κ2) is 8.35. The summed E-state index contributed by atoms with van der Waals surface area (Å²) in [4.78, 5) is 11.8. The van der Waals surface area contributed by atoms with Crippen molar-refractivity contribution in [1.82, 2.24) is 5.32 Å². The molecule has 1 rings (SSSR count). The number of carbonyl (C=O) groups is 1. The maximum Gasteiger partial charge on any atom is 0.260 e. The van der Waals surface area contributed by atoms with E-state index < -0.39 is 6.10 Å². The van der Waals surface area contributed by atoms with Crippen LogP contribution in [0.25, 0.3) is 0 Å². The fraction of sp³-hybridized carbons (Fsp3) is 0.500. The molecule has 0 fully saturated rings. The van der Waals surface area contributed by atoms with E-state index in [1.165, 1.54) is 0 Å². The normalized spacial score (nSPS) is 13.7. The summed E-state index contributed by atoms with van der Waals surface area (Å²) in [5.41, 5.74) is 0. The van der Waals surface area contributed by atoms with Crippen molar-refractivity contribution in [3.63, 3.8) is 0 Å².